The Labute approximate surface area is 175 Å². The van der Waals surface area contributed by atoms with Crippen LogP contribution in [0, 0.1) is 0 Å². The number of nitrogens with one attached hydrogen (secondary N) is 1. The van der Waals surface area contributed by atoms with Gasteiger partial charge in [0, 0.05) is 16.5 Å². The van der Waals surface area contributed by atoms with Gasteiger partial charge in [0.2, 0.25) is 5.16 Å². The highest BCUT2D eigenvalue weighted by Crippen LogP contribution is 2.34. The van der Waals surface area contributed by atoms with E-state index in [0.717, 1.165) is 36.3 Å². The molecule has 2 heterocycles. The third-order valence-electron chi connectivity index (χ3n) is 4.53. The topological polar surface area (TPSA) is 52.0 Å². The van der Waals surface area contributed by atoms with Gasteiger partial charge in [-0.2, -0.15) is 13.2 Å². The standard InChI is InChI=1S/C21H19F3N4OS/c1-2-3-11-29-17-9-7-14(8-10-17)19-25-26-20-28(19)27-18(13-30-20)15-5-4-6-16(12-15)21(22,23)24/h4-10,12-13,27H,2-3,11H2,1H3. The lowest BCUT2D eigenvalue weighted by Crippen LogP contribution is -2.18. The van der Waals surface area contributed by atoms with Crippen LogP contribution in [0.5, 0.6) is 5.75 Å². The van der Waals surface area contributed by atoms with Crippen molar-refractivity contribution in [2.24, 2.45) is 0 Å². The van der Waals surface area contributed by atoms with Crippen molar-refractivity contribution in [3.05, 3.63) is 65.1 Å². The quantitative estimate of drug-likeness (QED) is 0.500. The summed E-state index contributed by atoms with van der Waals surface area (Å²) in [7, 11) is 0. The molecule has 0 radical (unpaired) electrons. The molecule has 0 unspecified atom stereocenters. The zero-order valence-electron chi connectivity index (χ0n) is 16.1. The zero-order chi connectivity index (χ0) is 21.1. The molecule has 1 aliphatic rings. The second kappa shape index (κ2) is 8.43. The highest BCUT2D eigenvalue weighted by atomic mass is 32.2. The molecule has 0 saturated carbocycles. The molecule has 1 aromatic heterocycles. The van der Waals surface area contributed by atoms with E-state index in [1.54, 1.807) is 16.2 Å². The molecule has 0 spiro atoms. The first-order valence-corrected chi connectivity index (χ1v) is 10.3. The molecule has 4 rings (SSSR count). The van der Waals surface area contributed by atoms with Gasteiger partial charge in [0.05, 0.1) is 17.9 Å². The van der Waals surface area contributed by atoms with Gasteiger partial charge in [-0.3, -0.25) is 5.43 Å². The fraction of sp³-hybridized carbons (Fsp3) is 0.238. The highest BCUT2D eigenvalue weighted by molar-refractivity contribution is 8.02. The van der Waals surface area contributed by atoms with Crippen LogP contribution in [0.1, 0.15) is 30.9 Å². The first-order chi connectivity index (χ1) is 14.5. The molecule has 0 saturated heterocycles. The van der Waals surface area contributed by atoms with Crippen LogP contribution in [0.4, 0.5) is 13.2 Å². The summed E-state index contributed by atoms with van der Waals surface area (Å²) < 4.78 is 46.5. The average Bonchev–Trinajstić information content (AvgIpc) is 3.17. The molecule has 3 aromatic rings. The van der Waals surface area contributed by atoms with Crippen LogP contribution in [-0.2, 0) is 6.18 Å². The smallest absolute Gasteiger partial charge is 0.416 e. The van der Waals surface area contributed by atoms with E-state index in [0.29, 0.717) is 28.8 Å². The van der Waals surface area contributed by atoms with Crippen LogP contribution in [-0.4, -0.2) is 21.5 Å². The molecule has 9 heteroatoms. The Kier molecular flexibility index (Phi) is 5.72. The fourth-order valence-electron chi connectivity index (χ4n) is 2.92. The Morgan fingerprint density at radius 1 is 1.07 bits per heavy atom. The number of benzene rings is 2. The van der Waals surface area contributed by atoms with Gasteiger partial charge in [0.15, 0.2) is 5.82 Å². The number of hydrogen-bond donors (Lipinski definition) is 1. The van der Waals surface area contributed by atoms with Crippen molar-refractivity contribution >= 4 is 17.5 Å². The molecule has 0 aliphatic carbocycles. The van der Waals surface area contributed by atoms with E-state index in [1.165, 1.54) is 17.8 Å². The third-order valence-corrected chi connectivity index (χ3v) is 5.36. The van der Waals surface area contributed by atoms with Gasteiger partial charge >= 0.3 is 6.18 Å². The molecule has 0 atom stereocenters. The maximum absolute atomic E-state index is 13.1. The van der Waals surface area contributed by atoms with Crippen molar-refractivity contribution < 1.29 is 17.9 Å². The number of halogens is 3. The summed E-state index contributed by atoms with van der Waals surface area (Å²) >= 11 is 1.30. The molecule has 2 aromatic carbocycles. The summed E-state index contributed by atoms with van der Waals surface area (Å²) in [5.74, 6) is 1.34. The molecular weight excluding hydrogens is 413 g/mol. The number of alkyl halides is 3. The monoisotopic (exact) mass is 432 g/mol. The molecule has 0 fully saturated rings. The van der Waals surface area contributed by atoms with Gasteiger partial charge < -0.3 is 4.74 Å². The second-order valence-electron chi connectivity index (χ2n) is 6.71. The van der Waals surface area contributed by atoms with E-state index >= 15 is 0 Å². The second-order valence-corrected chi connectivity index (χ2v) is 7.54. The van der Waals surface area contributed by atoms with Crippen LogP contribution in [0.25, 0.3) is 17.1 Å². The number of fused-ring (bicyclic) bond motifs is 1. The molecule has 156 valence electrons. The molecule has 30 heavy (non-hydrogen) atoms. The summed E-state index contributed by atoms with van der Waals surface area (Å²) in [6, 6.07) is 12.7. The lowest BCUT2D eigenvalue weighted by Gasteiger charge is -2.20. The van der Waals surface area contributed by atoms with Crippen molar-refractivity contribution in [3.63, 3.8) is 0 Å². The minimum Gasteiger partial charge on any atom is -0.494 e. The highest BCUT2D eigenvalue weighted by Gasteiger charge is 2.31. The Bertz CT molecular complexity index is 1060. The summed E-state index contributed by atoms with van der Waals surface area (Å²) in [6.07, 6.45) is -2.34. The Morgan fingerprint density at radius 3 is 2.60 bits per heavy atom. The van der Waals surface area contributed by atoms with Crippen molar-refractivity contribution in [1.29, 1.82) is 0 Å². The molecular formula is C21H19F3N4OS. The first-order valence-electron chi connectivity index (χ1n) is 9.46. The van der Waals surface area contributed by atoms with Crippen LogP contribution in [0.2, 0.25) is 0 Å². The largest absolute Gasteiger partial charge is 0.494 e. The molecule has 1 aliphatic heterocycles. The van der Waals surface area contributed by atoms with Crippen molar-refractivity contribution in [1.82, 2.24) is 14.9 Å². The fourth-order valence-corrected chi connectivity index (χ4v) is 3.66. The molecule has 1 N–H and O–H groups in total. The number of aromatic nitrogens is 3. The van der Waals surface area contributed by atoms with E-state index in [-0.39, 0.29) is 0 Å². The number of nitrogens with zero attached hydrogens (tertiary/aromatic N) is 3. The van der Waals surface area contributed by atoms with Crippen LogP contribution >= 0.6 is 11.8 Å². The maximum Gasteiger partial charge on any atom is 0.416 e. The van der Waals surface area contributed by atoms with E-state index in [4.69, 9.17) is 4.74 Å². The van der Waals surface area contributed by atoms with Gasteiger partial charge in [0.1, 0.15) is 5.75 Å². The maximum atomic E-state index is 13.1. The minimum atomic E-state index is -4.40. The van der Waals surface area contributed by atoms with Gasteiger partial charge in [-0.15, -0.1) is 10.2 Å². The van der Waals surface area contributed by atoms with Crippen molar-refractivity contribution in [2.75, 3.05) is 12.0 Å². The Balaban J connectivity index is 1.56. The molecule has 0 amide bonds. The predicted octanol–water partition coefficient (Wildman–Crippen LogP) is 5.79. The van der Waals surface area contributed by atoms with Crippen molar-refractivity contribution in [3.8, 4) is 17.1 Å². The normalized spacial score (nSPS) is 13.4. The lowest BCUT2D eigenvalue weighted by atomic mass is 10.1. The number of unbranched alkanes of at least 4 members (excludes halogenated alkanes) is 1. The van der Waals surface area contributed by atoms with Crippen LogP contribution < -0.4 is 10.2 Å². The predicted molar refractivity (Wildman–Crippen MR) is 110 cm³/mol. The average molecular weight is 432 g/mol. The van der Waals surface area contributed by atoms with E-state index < -0.39 is 11.7 Å². The van der Waals surface area contributed by atoms with E-state index in [9.17, 15) is 13.2 Å². The van der Waals surface area contributed by atoms with Gasteiger partial charge in [-0.05, 0) is 42.8 Å². The summed E-state index contributed by atoms with van der Waals surface area (Å²) in [6.45, 7) is 2.77. The van der Waals surface area contributed by atoms with Gasteiger partial charge in [-0.25, -0.2) is 4.68 Å². The summed E-state index contributed by atoms with van der Waals surface area (Å²) in [5.41, 5.74) is 4.22. The SMILES string of the molecule is CCCCOc1ccc(-c2nnc3n2NC(c2cccc(C(F)(F)F)c2)=CS3)cc1. The molecule has 0 bridgehead atoms. The minimum absolute atomic E-state index is 0.433. The van der Waals surface area contributed by atoms with Crippen molar-refractivity contribution in [2.45, 2.75) is 31.1 Å². The number of thioether (sulfide) groups is 1. The van der Waals surface area contributed by atoms with Crippen LogP contribution in [0.15, 0.2) is 59.1 Å². The summed E-state index contributed by atoms with van der Waals surface area (Å²) in [4.78, 5) is 0. The zero-order valence-corrected chi connectivity index (χ0v) is 16.9. The number of hydrogen-bond acceptors (Lipinski definition) is 5. The first kappa shape index (κ1) is 20.3. The number of rotatable bonds is 6. The number of ether oxygens (including phenoxy) is 1. The summed E-state index contributed by atoms with van der Waals surface area (Å²) in [5, 5.41) is 10.7. The lowest BCUT2D eigenvalue weighted by molar-refractivity contribution is -0.137. The van der Waals surface area contributed by atoms with E-state index in [1.807, 2.05) is 24.3 Å². The van der Waals surface area contributed by atoms with Gasteiger partial charge in [0.25, 0.3) is 0 Å². The van der Waals surface area contributed by atoms with Crippen LogP contribution in [0.3, 0.4) is 0 Å². The van der Waals surface area contributed by atoms with E-state index in [2.05, 4.69) is 22.5 Å². The Morgan fingerprint density at radius 2 is 1.87 bits per heavy atom. The molecule has 5 nitrogen and oxygen atoms in total. The Hall–Kier alpha value is -2.94. The third kappa shape index (κ3) is 4.30. The van der Waals surface area contributed by atoms with Gasteiger partial charge in [-0.1, -0.05) is 37.2 Å².